The Morgan fingerprint density at radius 3 is 2.50 bits per heavy atom. The van der Waals surface area contributed by atoms with Crippen molar-refractivity contribution < 1.29 is 13.3 Å². The molecule has 0 aliphatic heterocycles. The molecule has 0 bridgehead atoms. The van der Waals surface area contributed by atoms with Crippen LogP contribution in [0.1, 0.15) is 21.9 Å². The molecule has 38 valence electrons. The molecule has 0 aliphatic carbocycles. The van der Waals surface area contributed by atoms with Crippen LogP contribution in [0.4, 0.5) is 0 Å². The molecule has 0 fully saturated rings. The van der Waals surface area contributed by atoms with E-state index in [2.05, 4.69) is 0 Å². The summed E-state index contributed by atoms with van der Waals surface area (Å²) >= 11 is 0. The third-order valence-corrected chi connectivity index (χ3v) is 0.249. The van der Waals surface area contributed by atoms with Crippen molar-refractivity contribution in [1.29, 1.82) is 0 Å². The summed E-state index contributed by atoms with van der Waals surface area (Å²) in [7, 11) is 0. The highest BCUT2D eigenvalue weighted by molar-refractivity contribution is 4.67. The summed E-state index contributed by atoms with van der Waals surface area (Å²) in [5.41, 5.74) is 2.55. The average molecular weight is 95.2 g/mol. The SMILES string of the molecule is [2H]C([2H])([2H])C(N)(CO)C([2H])([2H])[2H]. The number of aliphatic hydroxyl groups is 1. The molecule has 0 heterocycles. The summed E-state index contributed by atoms with van der Waals surface area (Å²) in [5, 5.41) is 8.61. The van der Waals surface area contributed by atoms with Gasteiger partial charge in [-0.2, -0.15) is 0 Å². The van der Waals surface area contributed by atoms with Gasteiger partial charge >= 0.3 is 0 Å². The van der Waals surface area contributed by atoms with Crippen molar-refractivity contribution in [1.82, 2.24) is 0 Å². The van der Waals surface area contributed by atoms with Gasteiger partial charge in [0, 0.05) is 13.8 Å². The van der Waals surface area contributed by atoms with E-state index < -0.39 is 25.8 Å². The third-order valence-electron chi connectivity index (χ3n) is 0.249. The number of hydrogen-bond donors (Lipinski definition) is 2. The van der Waals surface area contributed by atoms with Gasteiger partial charge in [0.2, 0.25) is 0 Å². The second kappa shape index (κ2) is 1.58. The smallest absolute Gasteiger partial charge is 0.0605 e. The molecule has 0 unspecified atom stereocenters. The maximum Gasteiger partial charge on any atom is 0.0605 e. The summed E-state index contributed by atoms with van der Waals surface area (Å²) in [5.74, 6) is 0. The number of rotatable bonds is 1. The highest BCUT2D eigenvalue weighted by Gasteiger charge is 2.05. The van der Waals surface area contributed by atoms with Crippen LogP contribution in [0.3, 0.4) is 0 Å². The Labute approximate surface area is 46.4 Å². The van der Waals surface area contributed by atoms with Crippen LogP contribution in [0.2, 0.25) is 0 Å². The van der Waals surface area contributed by atoms with Crippen LogP contribution in [0, 0.1) is 0 Å². The van der Waals surface area contributed by atoms with Gasteiger partial charge < -0.3 is 10.8 Å². The van der Waals surface area contributed by atoms with E-state index in [1.165, 1.54) is 0 Å². The molecule has 2 nitrogen and oxygen atoms in total. The van der Waals surface area contributed by atoms with E-state index in [4.69, 9.17) is 19.1 Å². The fourth-order valence-electron chi connectivity index (χ4n) is 0. The van der Waals surface area contributed by atoms with Crippen molar-refractivity contribution in [3.05, 3.63) is 0 Å². The Morgan fingerprint density at radius 2 is 2.50 bits per heavy atom. The first-order chi connectivity index (χ1) is 5.06. The first-order valence-electron chi connectivity index (χ1n) is 4.46. The number of nitrogens with two attached hydrogens (primary N) is 1. The van der Waals surface area contributed by atoms with Gasteiger partial charge in [-0.1, -0.05) is 0 Å². The van der Waals surface area contributed by atoms with Crippen molar-refractivity contribution in [3.63, 3.8) is 0 Å². The molecule has 0 radical (unpaired) electrons. The maximum absolute atomic E-state index is 8.61. The van der Waals surface area contributed by atoms with Crippen LogP contribution in [-0.2, 0) is 0 Å². The van der Waals surface area contributed by atoms with Crippen molar-refractivity contribution in [3.8, 4) is 0 Å². The van der Waals surface area contributed by atoms with E-state index in [0.717, 1.165) is 0 Å². The zero-order valence-electron chi connectivity index (χ0n) is 9.23. The molecule has 6 heavy (non-hydrogen) atoms. The number of hydrogen-bond acceptors (Lipinski definition) is 2. The van der Waals surface area contributed by atoms with Gasteiger partial charge in [-0.15, -0.1) is 0 Å². The fourth-order valence-corrected chi connectivity index (χ4v) is 0. The van der Waals surface area contributed by atoms with Gasteiger partial charge in [0.25, 0.3) is 0 Å². The Bertz CT molecular complexity index is 146. The fraction of sp³-hybridized carbons (Fsp3) is 1.00. The predicted octanol–water partition coefficient (Wildman–Crippen LogP) is -0.284. The second-order valence-corrected chi connectivity index (χ2v) is 1.13. The maximum atomic E-state index is 8.61. The minimum absolute atomic E-state index is 1.10. The van der Waals surface area contributed by atoms with Gasteiger partial charge in [-0.05, 0) is 13.7 Å². The van der Waals surface area contributed by atoms with E-state index in [0.29, 0.717) is 0 Å². The average Bonchev–Trinajstić information content (AvgIpc) is 1.81. The second-order valence-electron chi connectivity index (χ2n) is 1.13. The quantitative estimate of drug-likeness (QED) is 0.470. The van der Waals surface area contributed by atoms with Crippen LogP contribution in [0.15, 0.2) is 0 Å². The molecule has 0 saturated carbocycles. The van der Waals surface area contributed by atoms with Gasteiger partial charge in [-0.3, -0.25) is 0 Å². The monoisotopic (exact) mass is 95.1 g/mol. The molecule has 0 rings (SSSR count). The Balaban J connectivity index is 4.95. The largest absolute Gasteiger partial charge is 0.394 e. The molecule has 0 aromatic heterocycles. The first-order valence-corrected chi connectivity index (χ1v) is 1.46. The Morgan fingerprint density at radius 1 is 2.00 bits per heavy atom. The normalized spacial score (nSPS) is 31.0. The molecule has 0 aliphatic rings. The van der Waals surface area contributed by atoms with E-state index in [1.807, 2.05) is 0 Å². The Hall–Kier alpha value is -0.0800. The zero-order chi connectivity index (χ0) is 10.2. The zero-order valence-corrected chi connectivity index (χ0v) is 3.23. The minimum atomic E-state index is -2.90. The highest BCUT2D eigenvalue weighted by atomic mass is 16.3. The standard InChI is InChI=1S/C4H11NO/c1-4(2,5)3-6/h6H,3,5H2,1-2H3/i1D3,2D3. The van der Waals surface area contributed by atoms with Gasteiger partial charge in [-0.25, -0.2) is 0 Å². The lowest BCUT2D eigenvalue weighted by Crippen LogP contribution is -2.35. The van der Waals surface area contributed by atoms with E-state index in [9.17, 15) is 0 Å². The van der Waals surface area contributed by atoms with Crippen molar-refractivity contribution in [2.24, 2.45) is 5.73 Å². The molecule has 0 saturated heterocycles. The molecule has 0 aromatic rings. The molecule has 0 spiro atoms. The van der Waals surface area contributed by atoms with Crippen LogP contribution in [0.5, 0.6) is 0 Å². The van der Waals surface area contributed by atoms with Crippen LogP contribution in [-0.4, -0.2) is 17.3 Å². The van der Waals surface area contributed by atoms with Crippen LogP contribution in [0.25, 0.3) is 0 Å². The van der Waals surface area contributed by atoms with E-state index in [-0.39, 0.29) is 0 Å². The first kappa shape index (κ1) is 1.20. The summed E-state index contributed by atoms with van der Waals surface area (Å²) in [6.45, 7) is -6.89. The van der Waals surface area contributed by atoms with E-state index in [1.54, 1.807) is 0 Å². The molecule has 3 N–H and O–H groups in total. The topological polar surface area (TPSA) is 46.2 Å². The lowest BCUT2D eigenvalue weighted by Gasteiger charge is -2.12. The molecule has 0 atom stereocenters. The van der Waals surface area contributed by atoms with Gasteiger partial charge in [0.05, 0.1) is 6.61 Å². The van der Waals surface area contributed by atoms with Crippen LogP contribution < -0.4 is 5.73 Å². The molecular formula is C4H11NO. The third kappa shape index (κ3) is 3.92. The van der Waals surface area contributed by atoms with Gasteiger partial charge in [0.15, 0.2) is 0 Å². The summed E-state index contributed by atoms with van der Waals surface area (Å²) in [4.78, 5) is 0. The summed E-state index contributed by atoms with van der Waals surface area (Å²) < 4.78 is 41.0. The molecule has 0 aromatic carbocycles. The molecular weight excluding hydrogens is 78.0 g/mol. The molecule has 0 amide bonds. The van der Waals surface area contributed by atoms with Crippen molar-refractivity contribution in [2.45, 2.75) is 19.2 Å². The van der Waals surface area contributed by atoms with Crippen LogP contribution >= 0.6 is 0 Å². The molecule has 2 heteroatoms. The highest BCUT2D eigenvalue weighted by Crippen LogP contribution is 1.89. The summed E-state index contributed by atoms with van der Waals surface area (Å²) in [6, 6.07) is 0. The van der Waals surface area contributed by atoms with Crippen molar-refractivity contribution in [2.75, 3.05) is 6.61 Å². The lowest BCUT2D eigenvalue weighted by atomic mass is 10.1. The van der Waals surface area contributed by atoms with Gasteiger partial charge in [0.1, 0.15) is 0 Å². The van der Waals surface area contributed by atoms with E-state index >= 15 is 0 Å². The minimum Gasteiger partial charge on any atom is -0.394 e. The van der Waals surface area contributed by atoms with Crippen molar-refractivity contribution >= 4 is 0 Å². The Kier molecular flexibility index (Phi) is 0.316. The summed E-state index contributed by atoms with van der Waals surface area (Å²) in [6.07, 6.45) is 0. The number of aliphatic hydroxyl groups excluding tert-OH is 1. The lowest BCUT2D eigenvalue weighted by molar-refractivity contribution is 0.221. The predicted molar refractivity (Wildman–Crippen MR) is 25.4 cm³/mol.